The fourth-order valence-electron chi connectivity index (χ4n) is 2.42. The molecule has 0 aromatic heterocycles. The van der Waals surface area contributed by atoms with Crippen LogP contribution in [-0.4, -0.2) is 25.1 Å². The molecule has 0 atom stereocenters. The summed E-state index contributed by atoms with van der Waals surface area (Å²) in [6.07, 6.45) is 2.83. The van der Waals surface area contributed by atoms with Crippen molar-refractivity contribution in [3.8, 4) is 0 Å². The van der Waals surface area contributed by atoms with Crippen LogP contribution in [0, 0.1) is 0 Å². The number of amidine groups is 1. The quantitative estimate of drug-likeness (QED) is 0.792. The van der Waals surface area contributed by atoms with Gasteiger partial charge in [0.25, 0.3) is 0 Å². The number of fused-ring (bicyclic) bond motifs is 1. The fourth-order valence-corrected chi connectivity index (χ4v) is 2.42. The van der Waals surface area contributed by atoms with E-state index in [1.807, 2.05) is 0 Å². The molecule has 1 aromatic rings. The second kappa shape index (κ2) is 3.87. The van der Waals surface area contributed by atoms with Crippen LogP contribution in [0.25, 0.3) is 0 Å². The normalized spacial score (nSPS) is 18.8. The van der Waals surface area contributed by atoms with E-state index in [0.717, 1.165) is 31.5 Å². The third-order valence-corrected chi connectivity index (χ3v) is 3.46. The van der Waals surface area contributed by atoms with E-state index >= 15 is 0 Å². The maximum absolute atomic E-state index is 5.62. The Morgan fingerprint density at radius 3 is 2.82 bits per heavy atom. The molecule has 2 aliphatic heterocycles. The van der Waals surface area contributed by atoms with Crippen LogP contribution in [-0.2, 0) is 6.42 Å². The predicted octanol–water partition coefficient (Wildman–Crippen LogP) is 1.53. The Hall–Kier alpha value is -1.84. The fraction of sp³-hybridized carbons (Fsp3) is 0.385. The SMILES string of the molecule is CN1CCc2cc(C3=NN=C(N)CC3)ccc21. The van der Waals surface area contributed by atoms with Gasteiger partial charge in [-0.25, -0.2) is 0 Å². The van der Waals surface area contributed by atoms with Crippen LogP contribution >= 0.6 is 0 Å². The van der Waals surface area contributed by atoms with Crippen LogP contribution in [0.2, 0.25) is 0 Å². The Morgan fingerprint density at radius 2 is 2.06 bits per heavy atom. The molecule has 0 saturated carbocycles. The van der Waals surface area contributed by atoms with Gasteiger partial charge in [-0.2, -0.15) is 5.10 Å². The van der Waals surface area contributed by atoms with Crippen LogP contribution in [0.1, 0.15) is 24.0 Å². The number of hydrogen-bond acceptors (Lipinski definition) is 4. The van der Waals surface area contributed by atoms with E-state index in [9.17, 15) is 0 Å². The highest BCUT2D eigenvalue weighted by molar-refractivity contribution is 6.04. The maximum atomic E-state index is 5.62. The lowest BCUT2D eigenvalue weighted by Crippen LogP contribution is -2.17. The van der Waals surface area contributed by atoms with Crippen molar-refractivity contribution in [3.63, 3.8) is 0 Å². The molecule has 0 unspecified atom stereocenters. The number of benzene rings is 1. The van der Waals surface area contributed by atoms with Gasteiger partial charge >= 0.3 is 0 Å². The number of likely N-dealkylation sites (N-methyl/N-ethyl adjacent to an activating group) is 1. The molecule has 2 heterocycles. The molecule has 88 valence electrons. The van der Waals surface area contributed by atoms with E-state index in [2.05, 4.69) is 40.3 Å². The van der Waals surface area contributed by atoms with Gasteiger partial charge in [-0.3, -0.25) is 0 Å². The van der Waals surface area contributed by atoms with Gasteiger partial charge in [0.2, 0.25) is 0 Å². The van der Waals surface area contributed by atoms with Gasteiger partial charge in [0.15, 0.2) is 0 Å². The molecule has 0 saturated heterocycles. The van der Waals surface area contributed by atoms with E-state index in [1.165, 1.54) is 16.8 Å². The summed E-state index contributed by atoms with van der Waals surface area (Å²) in [6, 6.07) is 6.56. The standard InChI is InChI=1S/C13H16N4/c1-17-7-6-10-8-9(2-4-12(10)17)11-3-5-13(14)16-15-11/h2,4,8H,3,5-7H2,1H3,(H2,14,16). The van der Waals surface area contributed by atoms with Crippen molar-refractivity contribution in [3.05, 3.63) is 29.3 Å². The van der Waals surface area contributed by atoms with Crippen molar-refractivity contribution >= 4 is 17.2 Å². The summed E-state index contributed by atoms with van der Waals surface area (Å²) in [4.78, 5) is 2.29. The highest BCUT2D eigenvalue weighted by atomic mass is 15.2. The average Bonchev–Trinajstić information content (AvgIpc) is 2.72. The molecule has 2 aliphatic rings. The zero-order valence-electron chi connectivity index (χ0n) is 9.98. The highest BCUT2D eigenvalue weighted by Gasteiger charge is 2.17. The molecular formula is C13H16N4. The molecule has 0 spiro atoms. The zero-order chi connectivity index (χ0) is 11.8. The number of rotatable bonds is 1. The molecule has 0 radical (unpaired) electrons. The Morgan fingerprint density at radius 1 is 1.18 bits per heavy atom. The van der Waals surface area contributed by atoms with Crippen molar-refractivity contribution in [2.75, 3.05) is 18.5 Å². The number of nitrogens with two attached hydrogens (primary N) is 1. The molecule has 0 aliphatic carbocycles. The largest absolute Gasteiger partial charge is 0.386 e. The van der Waals surface area contributed by atoms with E-state index in [1.54, 1.807) is 0 Å². The van der Waals surface area contributed by atoms with Gasteiger partial charge in [-0.05, 0) is 36.1 Å². The minimum atomic E-state index is 0.634. The first-order valence-corrected chi connectivity index (χ1v) is 5.97. The Kier molecular flexibility index (Phi) is 2.35. The summed E-state index contributed by atoms with van der Waals surface area (Å²) in [7, 11) is 2.13. The minimum Gasteiger partial charge on any atom is -0.386 e. The maximum Gasteiger partial charge on any atom is 0.122 e. The average molecular weight is 228 g/mol. The molecule has 2 N–H and O–H groups in total. The zero-order valence-corrected chi connectivity index (χ0v) is 9.98. The molecule has 0 bridgehead atoms. The number of nitrogens with zero attached hydrogens (tertiary/aromatic N) is 3. The van der Waals surface area contributed by atoms with Crippen LogP contribution in [0.4, 0.5) is 5.69 Å². The Balaban J connectivity index is 1.96. The third-order valence-electron chi connectivity index (χ3n) is 3.46. The summed E-state index contributed by atoms with van der Waals surface area (Å²) in [5, 5.41) is 8.16. The van der Waals surface area contributed by atoms with Gasteiger partial charge in [0, 0.05) is 25.7 Å². The Labute approximate surface area is 101 Å². The van der Waals surface area contributed by atoms with Crippen molar-refractivity contribution in [1.29, 1.82) is 0 Å². The van der Waals surface area contributed by atoms with Gasteiger partial charge in [-0.15, -0.1) is 5.10 Å². The topological polar surface area (TPSA) is 54.0 Å². The van der Waals surface area contributed by atoms with Crippen LogP contribution in [0.15, 0.2) is 28.4 Å². The van der Waals surface area contributed by atoms with Gasteiger partial charge in [-0.1, -0.05) is 6.07 Å². The second-order valence-corrected chi connectivity index (χ2v) is 4.65. The van der Waals surface area contributed by atoms with E-state index < -0.39 is 0 Å². The van der Waals surface area contributed by atoms with Crippen molar-refractivity contribution < 1.29 is 0 Å². The molecule has 0 fully saturated rings. The molecule has 3 rings (SSSR count). The summed E-state index contributed by atoms with van der Waals surface area (Å²) >= 11 is 0. The highest BCUT2D eigenvalue weighted by Crippen LogP contribution is 2.28. The summed E-state index contributed by atoms with van der Waals surface area (Å²) < 4.78 is 0. The summed E-state index contributed by atoms with van der Waals surface area (Å²) in [6.45, 7) is 1.11. The minimum absolute atomic E-state index is 0.634. The van der Waals surface area contributed by atoms with Crippen molar-refractivity contribution in [1.82, 2.24) is 0 Å². The van der Waals surface area contributed by atoms with E-state index in [0.29, 0.717) is 5.84 Å². The van der Waals surface area contributed by atoms with E-state index in [4.69, 9.17) is 5.73 Å². The lowest BCUT2D eigenvalue weighted by Gasteiger charge is -2.13. The molecule has 4 nitrogen and oxygen atoms in total. The first kappa shape index (κ1) is 10.3. The molecular weight excluding hydrogens is 212 g/mol. The smallest absolute Gasteiger partial charge is 0.122 e. The molecule has 17 heavy (non-hydrogen) atoms. The number of anilines is 1. The van der Waals surface area contributed by atoms with Gasteiger partial charge in [0.05, 0.1) is 5.71 Å². The molecule has 4 heteroatoms. The molecule has 1 aromatic carbocycles. The monoisotopic (exact) mass is 228 g/mol. The number of hydrogen-bond donors (Lipinski definition) is 1. The Bertz CT molecular complexity index is 516. The predicted molar refractivity (Wildman–Crippen MR) is 70.8 cm³/mol. The lowest BCUT2D eigenvalue weighted by atomic mass is 10.0. The van der Waals surface area contributed by atoms with Crippen LogP contribution in [0.3, 0.4) is 0 Å². The first-order chi connectivity index (χ1) is 8.24. The van der Waals surface area contributed by atoms with Crippen LogP contribution < -0.4 is 10.6 Å². The lowest BCUT2D eigenvalue weighted by molar-refractivity contribution is 0.956. The third kappa shape index (κ3) is 1.79. The first-order valence-electron chi connectivity index (χ1n) is 5.97. The van der Waals surface area contributed by atoms with Crippen molar-refractivity contribution in [2.24, 2.45) is 15.9 Å². The van der Waals surface area contributed by atoms with Gasteiger partial charge in [0.1, 0.15) is 5.84 Å². The van der Waals surface area contributed by atoms with Crippen LogP contribution in [0.5, 0.6) is 0 Å². The summed E-state index contributed by atoms with van der Waals surface area (Å²) in [5.74, 6) is 0.634. The van der Waals surface area contributed by atoms with Gasteiger partial charge < -0.3 is 10.6 Å². The summed E-state index contributed by atoms with van der Waals surface area (Å²) in [5.41, 5.74) is 10.6. The molecule has 0 amide bonds. The van der Waals surface area contributed by atoms with E-state index in [-0.39, 0.29) is 0 Å². The second-order valence-electron chi connectivity index (χ2n) is 4.65. The van der Waals surface area contributed by atoms with Crippen molar-refractivity contribution in [2.45, 2.75) is 19.3 Å².